The molecule has 0 aliphatic carbocycles. The Bertz CT molecular complexity index is 687. The van der Waals surface area contributed by atoms with E-state index in [1.165, 1.54) is 0 Å². The Morgan fingerprint density at radius 1 is 1.33 bits per heavy atom. The topological polar surface area (TPSA) is 54.0 Å². The molecule has 0 radical (unpaired) electrons. The molecule has 1 amide bonds. The zero-order valence-electron chi connectivity index (χ0n) is 11.9. The quantitative estimate of drug-likeness (QED) is 0.895. The van der Waals surface area contributed by atoms with Crippen molar-refractivity contribution in [3.63, 3.8) is 0 Å². The molecule has 3 rings (SSSR count). The van der Waals surface area contributed by atoms with E-state index in [1.54, 1.807) is 0 Å². The molecule has 1 saturated heterocycles. The van der Waals surface area contributed by atoms with Crippen molar-refractivity contribution in [3.8, 4) is 0 Å². The van der Waals surface area contributed by atoms with Gasteiger partial charge >= 0.3 is 0 Å². The van der Waals surface area contributed by atoms with Crippen molar-refractivity contribution in [3.05, 3.63) is 34.9 Å². The van der Waals surface area contributed by atoms with E-state index in [4.69, 9.17) is 11.6 Å². The Labute approximate surface area is 128 Å². The highest BCUT2D eigenvalue weighted by molar-refractivity contribution is 6.31. The number of halogens is 1. The number of fused-ring (bicyclic) bond motifs is 1. The van der Waals surface area contributed by atoms with Gasteiger partial charge in [-0.25, -0.2) is 4.98 Å². The second-order valence-electron chi connectivity index (χ2n) is 5.47. The minimum atomic E-state index is -0.212. The van der Waals surface area contributed by atoms with Crippen LogP contribution in [-0.2, 0) is 4.79 Å². The molecule has 21 heavy (non-hydrogen) atoms. The molecular weight excluding hydrogens is 286 g/mol. The number of hydrogen-bond acceptors (Lipinski definition) is 3. The fourth-order valence-electron chi connectivity index (χ4n) is 2.71. The summed E-state index contributed by atoms with van der Waals surface area (Å²) in [7, 11) is 0. The van der Waals surface area contributed by atoms with Gasteiger partial charge in [0.25, 0.3) is 0 Å². The molecule has 2 aromatic rings. The fourth-order valence-corrected chi connectivity index (χ4v) is 2.87. The van der Waals surface area contributed by atoms with E-state index in [1.807, 2.05) is 31.2 Å². The third-order valence-electron chi connectivity index (χ3n) is 3.84. The van der Waals surface area contributed by atoms with E-state index in [0.29, 0.717) is 5.02 Å². The second kappa shape index (κ2) is 5.90. The van der Waals surface area contributed by atoms with Crippen molar-refractivity contribution >= 4 is 34.2 Å². The zero-order valence-corrected chi connectivity index (χ0v) is 12.7. The van der Waals surface area contributed by atoms with Crippen LogP contribution >= 0.6 is 11.6 Å². The summed E-state index contributed by atoms with van der Waals surface area (Å²) in [4.78, 5) is 16.6. The predicted molar refractivity (Wildman–Crippen MR) is 85.8 cm³/mol. The van der Waals surface area contributed by atoms with Gasteiger partial charge in [-0.1, -0.05) is 17.7 Å². The molecule has 2 N–H and O–H groups in total. The lowest BCUT2D eigenvalue weighted by molar-refractivity contribution is -0.121. The molecule has 0 saturated carbocycles. The van der Waals surface area contributed by atoms with E-state index < -0.39 is 0 Å². The van der Waals surface area contributed by atoms with Gasteiger partial charge in [-0.2, -0.15) is 0 Å². The van der Waals surface area contributed by atoms with Gasteiger partial charge in [0.05, 0.1) is 5.52 Å². The first kappa shape index (κ1) is 14.1. The lowest BCUT2D eigenvalue weighted by Gasteiger charge is -2.17. The molecule has 5 heteroatoms. The molecule has 1 aliphatic heterocycles. The number of nitrogens with zero attached hydrogens (tertiary/aromatic N) is 1. The minimum absolute atomic E-state index is 0.0538. The van der Waals surface area contributed by atoms with Crippen LogP contribution in [0.25, 0.3) is 10.9 Å². The normalized spacial score (nSPS) is 19.1. The molecule has 0 bridgehead atoms. The average Bonchev–Trinajstić information content (AvgIpc) is 2.64. The van der Waals surface area contributed by atoms with Crippen molar-refractivity contribution < 1.29 is 4.79 Å². The van der Waals surface area contributed by atoms with Gasteiger partial charge in [-0.05, 0) is 49.9 Å². The van der Waals surface area contributed by atoms with Crippen LogP contribution in [0.2, 0.25) is 5.02 Å². The smallest absolute Gasteiger partial charge is 0.242 e. The molecule has 1 fully saturated rings. The van der Waals surface area contributed by atoms with Crippen LogP contribution < -0.4 is 10.6 Å². The highest BCUT2D eigenvalue weighted by Crippen LogP contribution is 2.24. The minimum Gasteiger partial charge on any atom is -0.358 e. The largest absolute Gasteiger partial charge is 0.358 e. The number of benzene rings is 1. The summed E-state index contributed by atoms with van der Waals surface area (Å²) in [5, 5.41) is 7.93. The van der Waals surface area contributed by atoms with E-state index in [0.717, 1.165) is 48.1 Å². The van der Waals surface area contributed by atoms with Crippen LogP contribution in [0.15, 0.2) is 24.3 Å². The summed E-state index contributed by atoms with van der Waals surface area (Å²) in [6.07, 6.45) is 2.90. The number of carbonyl (C=O) groups excluding carboxylic acids is 1. The Balaban J connectivity index is 1.91. The highest BCUT2D eigenvalue weighted by Gasteiger charge is 2.20. The maximum atomic E-state index is 12.0. The van der Waals surface area contributed by atoms with Crippen LogP contribution in [0.5, 0.6) is 0 Å². The van der Waals surface area contributed by atoms with Crippen LogP contribution in [-0.4, -0.2) is 23.5 Å². The summed E-state index contributed by atoms with van der Waals surface area (Å²) >= 11 is 6.04. The maximum absolute atomic E-state index is 12.0. The first-order valence-electron chi connectivity index (χ1n) is 7.24. The van der Waals surface area contributed by atoms with Crippen molar-refractivity contribution in [1.29, 1.82) is 0 Å². The lowest BCUT2D eigenvalue weighted by Crippen LogP contribution is -2.38. The Morgan fingerprint density at radius 2 is 2.19 bits per heavy atom. The number of amides is 1. The Kier molecular flexibility index (Phi) is 3.97. The van der Waals surface area contributed by atoms with Crippen LogP contribution in [0.4, 0.5) is 5.82 Å². The number of pyridine rings is 1. The molecule has 1 aliphatic rings. The summed E-state index contributed by atoms with van der Waals surface area (Å²) in [5.41, 5.74) is 1.97. The molecular formula is C16H18ClN3O. The summed E-state index contributed by atoms with van der Waals surface area (Å²) in [6.45, 7) is 2.80. The number of rotatable bonds is 2. The summed E-state index contributed by atoms with van der Waals surface area (Å²) < 4.78 is 0. The number of aryl methyl sites for hydroxylation is 1. The van der Waals surface area contributed by atoms with Gasteiger partial charge in [0.1, 0.15) is 11.9 Å². The second-order valence-corrected chi connectivity index (χ2v) is 5.91. The summed E-state index contributed by atoms with van der Waals surface area (Å²) in [6, 6.07) is 7.46. The lowest BCUT2D eigenvalue weighted by atomic mass is 10.1. The number of nitrogens with one attached hydrogen (secondary N) is 2. The van der Waals surface area contributed by atoms with Gasteiger partial charge < -0.3 is 10.6 Å². The van der Waals surface area contributed by atoms with Gasteiger partial charge in [-0.3, -0.25) is 4.79 Å². The molecule has 2 heterocycles. The van der Waals surface area contributed by atoms with Crippen LogP contribution in [0, 0.1) is 6.92 Å². The van der Waals surface area contributed by atoms with Crippen LogP contribution in [0.1, 0.15) is 24.8 Å². The molecule has 1 unspecified atom stereocenters. The Hall–Kier alpha value is -1.81. The number of carbonyl (C=O) groups is 1. The van der Waals surface area contributed by atoms with E-state index >= 15 is 0 Å². The molecule has 1 atom stereocenters. The summed E-state index contributed by atoms with van der Waals surface area (Å²) in [5.74, 6) is 0.780. The van der Waals surface area contributed by atoms with E-state index in [2.05, 4.69) is 15.6 Å². The molecule has 1 aromatic carbocycles. The third-order valence-corrected chi connectivity index (χ3v) is 4.07. The number of hydrogen-bond donors (Lipinski definition) is 2. The SMILES string of the molecule is Cc1cc(NC2CCCCNC2=O)nc2cc(Cl)ccc12. The van der Waals surface area contributed by atoms with Crippen molar-refractivity contribution in [2.75, 3.05) is 11.9 Å². The molecule has 4 nitrogen and oxygen atoms in total. The third kappa shape index (κ3) is 3.10. The standard InChI is InChI=1S/C16H18ClN3O/c1-10-8-15(19-13-4-2-3-7-18-16(13)21)20-14-9-11(17)5-6-12(10)14/h5-6,8-9,13H,2-4,7H2,1H3,(H,18,21)(H,19,20). The number of aromatic nitrogens is 1. The van der Waals surface area contributed by atoms with Gasteiger partial charge in [0.15, 0.2) is 0 Å². The highest BCUT2D eigenvalue weighted by atomic mass is 35.5. The van der Waals surface area contributed by atoms with Crippen molar-refractivity contribution in [1.82, 2.24) is 10.3 Å². The zero-order chi connectivity index (χ0) is 14.8. The number of anilines is 1. The van der Waals surface area contributed by atoms with Gasteiger partial charge in [0, 0.05) is 17.0 Å². The monoisotopic (exact) mass is 303 g/mol. The average molecular weight is 304 g/mol. The van der Waals surface area contributed by atoms with Gasteiger partial charge in [-0.15, -0.1) is 0 Å². The fraction of sp³-hybridized carbons (Fsp3) is 0.375. The maximum Gasteiger partial charge on any atom is 0.242 e. The first-order valence-corrected chi connectivity index (χ1v) is 7.62. The molecule has 110 valence electrons. The molecule has 1 aromatic heterocycles. The Morgan fingerprint density at radius 3 is 3.05 bits per heavy atom. The molecule has 0 spiro atoms. The van der Waals surface area contributed by atoms with Crippen LogP contribution in [0.3, 0.4) is 0 Å². The predicted octanol–water partition coefficient (Wildman–Crippen LogP) is 3.28. The van der Waals surface area contributed by atoms with Crippen molar-refractivity contribution in [2.45, 2.75) is 32.2 Å². The van der Waals surface area contributed by atoms with Crippen molar-refractivity contribution in [2.24, 2.45) is 0 Å². The first-order chi connectivity index (χ1) is 10.1. The van der Waals surface area contributed by atoms with E-state index in [-0.39, 0.29) is 11.9 Å². The van der Waals surface area contributed by atoms with E-state index in [9.17, 15) is 4.79 Å². The van der Waals surface area contributed by atoms with Gasteiger partial charge in [0.2, 0.25) is 5.91 Å².